The maximum atomic E-state index is 15.1. The van der Waals surface area contributed by atoms with Crippen LogP contribution < -0.4 is 14.4 Å². The van der Waals surface area contributed by atoms with Gasteiger partial charge in [-0.05, 0) is 32.9 Å². The third-order valence-electron chi connectivity index (χ3n) is 6.35. The van der Waals surface area contributed by atoms with Crippen LogP contribution >= 0.6 is 0 Å². The molecule has 0 atom stereocenters. The summed E-state index contributed by atoms with van der Waals surface area (Å²) in [4.78, 5) is 35.0. The lowest BCUT2D eigenvalue weighted by atomic mass is 10.1. The number of carbonyl (C=O) groups excluding carboxylic acids is 1. The summed E-state index contributed by atoms with van der Waals surface area (Å²) in [6.07, 6.45) is 8.83. The largest absolute Gasteiger partial charge is 0.443 e. The second kappa shape index (κ2) is 9.61. The van der Waals surface area contributed by atoms with E-state index in [4.69, 9.17) is 14.2 Å². The van der Waals surface area contributed by atoms with Gasteiger partial charge >= 0.3 is 12.1 Å². The third-order valence-corrected chi connectivity index (χ3v) is 6.35. The van der Waals surface area contributed by atoms with Crippen LogP contribution in [0.3, 0.4) is 0 Å². The number of amides is 1. The van der Waals surface area contributed by atoms with E-state index in [9.17, 15) is 4.79 Å². The predicted molar refractivity (Wildman–Crippen MR) is 152 cm³/mol. The Bertz CT molecular complexity index is 2180. The van der Waals surface area contributed by atoms with E-state index >= 15 is 4.39 Å². The van der Waals surface area contributed by atoms with E-state index in [1.54, 1.807) is 66.7 Å². The average Bonchev–Trinajstić information content (AvgIpc) is 3.69. The molecular weight excluding hydrogens is 559 g/mol. The maximum Gasteiger partial charge on any atom is 0.414 e. The Hall–Kier alpha value is -5.86. The Kier molecular flexibility index (Phi) is 5.83. The minimum atomic E-state index is -0.755. The first-order chi connectivity index (χ1) is 20.6. The van der Waals surface area contributed by atoms with Gasteiger partial charge < -0.3 is 19.2 Å². The standard InChI is InChI=1S/C28H23FN10O4/c1-28(2,3)43-27(40)37(4)19-10-15(29)9-18-22-24(34-23(18)19)35-26(42-17-12-31-21-6-8-33-39(21)14-17)36-25(22)41-16-11-30-20-5-7-32-38(20)13-16/h5-14H,1-4H3,(H,34,35,36). The molecular formula is C28H23FN10O4. The number of benzene rings is 1. The highest BCUT2D eigenvalue weighted by Crippen LogP contribution is 2.39. The van der Waals surface area contributed by atoms with Gasteiger partial charge in [0.1, 0.15) is 17.1 Å². The number of fused-ring (bicyclic) bond motifs is 5. The second-order valence-corrected chi connectivity index (χ2v) is 10.6. The minimum Gasteiger partial charge on any atom is -0.443 e. The molecule has 0 aliphatic rings. The summed E-state index contributed by atoms with van der Waals surface area (Å²) in [6, 6.07) is 5.94. The van der Waals surface area contributed by atoms with Crippen LogP contribution in [0.15, 0.2) is 61.4 Å². The van der Waals surface area contributed by atoms with Gasteiger partial charge in [-0.2, -0.15) is 20.2 Å². The van der Waals surface area contributed by atoms with Crippen molar-refractivity contribution in [2.24, 2.45) is 0 Å². The molecule has 1 amide bonds. The van der Waals surface area contributed by atoms with Crippen LogP contribution in [0.25, 0.3) is 33.2 Å². The topological polar surface area (TPSA) is 150 Å². The molecule has 0 radical (unpaired) electrons. The molecule has 7 rings (SSSR count). The summed E-state index contributed by atoms with van der Waals surface area (Å²) in [7, 11) is 1.49. The second-order valence-electron chi connectivity index (χ2n) is 10.6. The van der Waals surface area contributed by atoms with Crippen molar-refractivity contribution in [3.8, 4) is 23.4 Å². The fourth-order valence-corrected chi connectivity index (χ4v) is 4.51. The molecule has 15 heteroatoms. The number of ether oxygens (including phenoxy) is 3. The lowest BCUT2D eigenvalue weighted by Crippen LogP contribution is -2.34. The van der Waals surface area contributed by atoms with Crippen LogP contribution in [-0.4, -0.2) is 62.9 Å². The molecule has 0 bridgehead atoms. The molecule has 6 heterocycles. The Balaban J connectivity index is 1.38. The highest BCUT2D eigenvalue weighted by atomic mass is 19.1. The molecule has 216 valence electrons. The highest BCUT2D eigenvalue weighted by molar-refractivity contribution is 6.14. The van der Waals surface area contributed by atoms with Crippen molar-refractivity contribution in [3.63, 3.8) is 0 Å². The molecule has 0 fully saturated rings. The van der Waals surface area contributed by atoms with Crippen LogP contribution in [0.5, 0.6) is 23.4 Å². The average molecular weight is 583 g/mol. The van der Waals surface area contributed by atoms with Crippen LogP contribution in [0, 0.1) is 5.82 Å². The summed E-state index contributed by atoms with van der Waals surface area (Å²) in [5, 5.41) is 9.09. The molecule has 6 aromatic heterocycles. The first kappa shape index (κ1) is 26.1. The SMILES string of the molecule is CN(C(=O)OC(C)(C)C)c1cc(F)cc2c1[nH]c1nc(Oc3cnc4ccnn4c3)nc(Oc3cnc4ccnn4c3)c12. The molecule has 0 unspecified atom stereocenters. The third kappa shape index (κ3) is 4.86. The molecule has 1 aromatic carbocycles. The zero-order chi connectivity index (χ0) is 29.9. The number of aromatic nitrogens is 9. The van der Waals surface area contributed by atoms with Gasteiger partial charge in [0.05, 0.1) is 53.8 Å². The number of rotatable bonds is 5. The van der Waals surface area contributed by atoms with Crippen LogP contribution in [-0.2, 0) is 4.74 Å². The van der Waals surface area contributed by atoms with Gasteiger partial charge in [-0.1, -0.05) is 0 Å². The molecule has 0 aliphatic carbocycles. The summed E-state index contributed by atoms with van der Waals surface area (Å²) < 4.78 is 35.8. The van der Waals surface area contributed by atoms with Crippen molar-refractivity contribution in [2.75, 3.05) is 11.9 Å². The van der Waals surface area contributed by atoms with Gasteiger partial charge in [0, 0.05) is 24.6 Å². The van der Waals surface area contributed by atoms with Crippen molar-refractivity contribution in [3.05, 3.63) is 67.3 Å². The van der Waals surface area contributed by atoms with Crippen molar-refractivity contribution in [1.82, 2.24) is 44.1 Å². The predicted octanol–water partition coefficient (Wildman–Crippen LogP) is 5.29. The fraction of sp³-hybridized carbons (Fsp3) is 0.179. The lowest BCUT2D eigenvalue weighted by molar-refractivity contribution is 0.0589. The maximum absolute atomic E-state index is 15.1. The van der Waals surface area contributed by atoms with Gasteiger partial charge in [-0.25, -0.2) is 28.2 Å². The van der Waals surface area contributed by atoms with Crippen molar-refractivity contribution in [1.29, 1.82) is 0 Å². The Morgan fingerprint density at radius 3 is 2.26 bits per heavy atom. The lowest BCUT2D eigenvalue weighted by Gasteiger charge is -2.25. The number of H-pyrrole nitrogens is 1. The molecule has 0 saturated carbocycles. The summed E-state index contributed by atoms with van der Waals surface area (Å²) in [5.41, 5.74) is 1.39. The van der Waals surface area contributed by atoms with E-state index in [0.717, 1.165) is 0 Å². The van der Waals surface area contributed by atoms with Gasteiger partial charge in [0.2, 0.25) is 5.88 Å². The molecule has 7 aromatic rings. The van der Waals surface area contributed by atoms with Crippen LogP contribution in [0.2, 0.25) is 0 Å². The molecule has 1 N–H and O–H groups in total. The quantitative estimate of drug-likeness (QED) is 0.283. The normalized spacial score (nSPS) is 11.9. The number of halogens is 1. The zero-order valence-electron chi connectivity index (χ0n) is 23.3. The summed E-state index contributed by atoms with van der Waals surface area (Å²) in [5.74, 6) is 0.0692. The number of nitrogens with zero attached hydrogens (tertiary/aromatic N) is 9. The molecule has 43 heavy (non-hydrogen) atoms. The monoisotopic (exact) mass is 582 g/mol. The number of carbonyl (C=O) groups is 1. The first-order valence-electron chi connectivity index (χ1n) is 13.1. The summed E-state index contributed by atoms with van der Waals surface area (Å²) >= 11 is 0. The minimum absolute atomic E-state index is 0.0455. The number of aromatic amines is 1. The van der Waals surface area contributed by atoms with E-state index in [1.165, 1.54) is 36.5 Å². The van der Waals surface area contributed by atoms with E-state index in [1.807, 2.05) is 0 Å². The number of anilines is 1. The number of hydrogen-bond donors (Lipinski definition) is 1. The van der Waals surface area contributed by atoms with E-state index in [-0.39, 0.29) is 23.2 Å². The van der Waals surface area contributed by atoms with Crippen LogP contribution in [0.1, 0.15) is 20.8 Å². The van der Waals surface area contributed by atoms with Crippen molar-refractivity contribution >= 4 is 45.0 Å². The smallest absolute Gasteiger partial charge is 0.414 e. The van der Waals surface area contributed by atoms with E-state index < -0.39 is 17.5 Å². The highest BCUT2D eigenvalue weighted by Gasteiger charge is 2.26. The number of hydrogen-bond acceptors (Lipinski definition) is 10. The van der Waals surface area contributed by atoms with E-state index in [2.05, 4.69) is 35.1 Å². The molecule has 14 nitrogen and oxygen atoms in total. The van der Waals surface area contributed by atoms with Crippen molar-refractivity contribution < 1.29 is 23.4 Å². The van der Waals surface area contributed by atoms with Crippen LogP contribution in [0.4, 0.5) is 14.9 Å². The summed E-state index contributed by atoms with van der Waals surface area (Å²) in [6.45, 7) is 5.25. The van der Waals surface area contributed by atoms with Gasteiger partial charge in [0.15, 0.2) is 22.8 Å². The Morgan fingerprint density at radius 2 is 1.60 bits per heavy atom. The molecule has 0 saturated heterocycles. The van der Waals surface area contributed by atoms with E-state index in [0.29, 0.717) is 39.1 Å². The van der Waals surface area contributed by atoms with Crippen molar-refractivity contribution in [2.45, 2.75) is 26.4 Å². The Labute approximate surface area is 241 Å². The van der Waals surface area contributed by atoms with Gasteiger partial charge in [-0.3, -0.25) is 4.90 Å². The molecule has 0 spiro atoms. The number of nitrogens with one attached hydrogen (secondary N) is 1. The Morgan fingerprint density at radius 1 is 0.953 bits per heavy atom. The fourth-order valence-electron chi connectivity index (χ4n) is 4.51. The zero-order valence-corrected chi connectivity index (χ0v) is 23.3. The van der Waals surface area contributed by atoms with Gasteiger partial charge in [0.25, 0.3) is 0 Å². The first-order valence-corrected chi connectivity index (χ1v) is 13.1. The van der Waals surface area contributed by atoms with Gasteiger partial charge in [-0.15, -0.1) is 0 Å². The molecule has 0 aliphatic heterocycles.